The summed E-state index contributed by atoms with van der Waals surface area (Å²) < 4.78 is 0. The topological polar surface area (TPSA) is 12.0 Å². The molecule has 19 heavy (non-hydrogen) atoms. The average molecular weight is 294 g/mol. The molecule has 1 atom stereocenters. The molecule has 2 aromatic rings. The Balaban J connectivity index is 2.04. The number of rotatable bonds is 4. The van der Waals surface area contributed by atoms with Crippen molar-refractivity contribution >= 4 is 23.2 Å². The molecule has 2 aromatic carbocycles. The van der Waals surface area contributed by atoms with Crippen molar-refractivity contribution in [2.75, 3.05) is 0 Å². The highest BCUT2D eigenvalue weighted by Crippen LogP contribution is 2.23. The summed E-state index contributed by atoms with van der Waals surface area (Å²) in [5.41, 5.74) is 3.38. The Morgan fingerprint density at radius 3 is 2.47 bits per heavy atom. The van der Waals surface area contributed by atoms with E-state index in [1.807, 2.05) is 37.3 Å². The summed E-state index contributed by atoms with van der Waals surface area (Å²) in [4.78, 5) is 0. The van der Waals surface area contributed by atoms with Gasteiger partial charge in [-0.05, 0) is 42.7 Å². The second-order valence-electron chi connectivity index (χ2n) is 4.72. The Morgan fingerprint density at radius 1 is 1.05 bits per heavy atom. The van der Waals surface area contributed by atoms with Crippen LogP contribution in [0, 0.1) is 6.92 Å². The smallest absolute Gasteiger partial charge is 0.0453 e. The van der Waals surface area contributed by atoms with Crippen molar-refractivity contribution in [3.63, 3.8) is 0 Å². The maximum Gasteiger partial charge on any atom is 0.0453 e. The lowest BCUT2D eigenvalue weighted by Gasteiger charge is -2.16. The predicted octanol–water partition coefficient (Wildman–Crippen LogP) is 5.15. The first-order valence-corrected chi connectivity index (χ1v) is 7.06. The van der Waals surface area contributed by atoms with Gasteiger partial charge in [-0.2, -0.15) is 0 Å². The fourth-order valence-electron chi connectivity index (χ4n) is 1.99. The molecule has 0 aliphatic heterocycles. The van der Waals surface area contributed by atoms with Gasteiger partial charge in [0.2, 0.25) is 0 Å². The Kier molecular flexibility index (Phi) is 4.87. The average Bonchev–Trinajstić information content (AvgIpc) is 2.38. The van der Waals surface area contributed by atoms with Crippen LogP contribution < -0.4 is 5.32 Å². The van der Waals surface area contributed by atoms with Crippen LogP contribution in [0.25, 0.3) is 0 Å². The van der Waals surface area contributed by atoms with Crippen molar-refractivity contribution < 1.29 is 0 Å². The molecule has 3 heteroatoms. The van der Waals surface area contributed by atoms with Crippen LogP contribution in [0.4, 0.5) is 0 Å². The van der Waals surface area contributed by atoms with Crippen LogP contribution in [0.3, 0.4) is 0 Å². The summed E-state index contributed by atoms with van der Waals surface area (Å²) in [6.45, 7) is 4.87. The third-order valence-corrected chi connectivity index (χ3v) is 3.88. The van der Waals surface area contributed by atoms with E-state index >= 15 is 0 Å². The van der Waals surface area contributed by atoms with Gasteiger partial charge < -0.3 is 5.32 Å². The molecule has 0 spiro atoms. The van der Waals surface area contributed by atoms with Crippen molar-refractivity contribution in [3.05, 3.63) is 69.2 Å². The molecule has 2 rings (SSSR count). The molecule has 0 aromatic heterocycles. The third-order valence-electron chi connectivity index (χ3n) is 3.18. The van der Waals surface area contributed by atoms with E-state index in [0.29, 0.717) is 0 Å². The van der Waals surface area contributed by atoms with E-state index in [2.05, 4.69) is 24.4 Å². The molecule has 0 amide bonds. The molecule has 100 valence electrons. The van der Waals surface area contributed by atoms with Gasteiger partial charge >= 0.3 is 0 Å². The van der Waals surface area contributed by atoms with Gasteiger partial charge in [0.1, 0.15) is 0 Å². The summed E-state index contributed by atoms with van der Waals surface area (Å²) in [7, 11) is 0. The van der Waals surface area contributed by atoms with Crippen LogP contribution in [0.15, 0.2) is 42.5 Å². The fourth-order valence-corrected chi connectivity index (χ4v) is 2.60. The number of hydrogen-bond donors (Lipinski definition) is 1. The highest BCUT2D eigenvalue weighted by Gasteiger charge is 2.09. The standard InChI is InChI=1S/C16H17Cl2N/c1-11-7-8-13(16(18)9-11)10-19-12(2)14-5-3-4-6-15(14)17/h3-9,12,19H,10H2,1-2H3. The van der Waals surface area contributed by atoms with Crippen LogP contribution in [0.2, 0.25) is 10.0 Å². The van der Waals surface area contributed by atoms with Crippen molar-refractivity contribution in [3.8, 4) is 0 Å². The normalized spacial score (nSPS) is 12.4. The van der Waals surface area contributed by atoms with Crippen LogP contribution in [0.1, 0.15) is 29.7 Å². The second-order valence-corrected chi connectivity index (χ2v) is 5.53. The lowest BCUT2D eigenvalue weighted by Crippen LogP contribution is -2.18. The summed E-state index contributed by atoms with van der Waals surface area (Å²) in [5, 5.41) is 5.04. The lowest BCUT2D eigenvalue weighted by molar-refractivity contribution is 0.575. The zero-order valence-electron chi connectivity index (χ0n) is 11.1. The number of hydrogen-bond acceptors (Lipinski definition) is 1. The van der Waals surface area contributed by atoms with Crippen molar-refractivity contribution in [1.29, 1.82) is 0 Å². The molecule has 1 N–H and O–H groups in total. The van der Waals surface area contributed by atoms with Crippen molar-refractivity contribution in [1.82, 2.24) is 5.32 Å². The summed E-state index contributed by atoms with van der Waals surface area (Å²) in [5.74, 6) is 0. The fraction of sp³-hybridized carbons (Fsp3) is 0.250. The van der Waals surface area contributed by atoms with Gasteiger partial charge in [0.15, 0.2) is 0 Å². The van der Waals surface area contributed by atoms with E-state index in [-0.39, 0.29) is 6.04 Å². The summed E-state index contributed by atoms with van der Waals surface area (Å²) in [6, 6.07) is 14.2. The zero-order valence-corrected chi connectivity index (χ0v) is 12.6. The molecule has 0 saturated carbocycles. The molecule has 0 saturated heterocycles. The summed E-state index contributed by atoms with van der Waals surface area (Å²) in [6.07, 6.45) is 0. The number of halogens is 2. The number of aryl methyl sites for hydroxylation is 1. The zero-order chi connectivity index (χ0) is 13.8. The van der Waals surface area contributed by atoms with Gasteiger partial charge in [0, 0.05) is 22.6 Å². The van der Waals surface area contributed by atoms with Gasteiger partial charge in [-0.1, -0.05) is 53.5 Å². The molecular weight excluding hydrogens is 277 g/mol. The van der Waals surface area contributed by atoms with E-state index < -0.39 is 0 Å². The van der Waals surface area contributed by atoms with Gasteiger partial charge in [-0.3, -0.25) is 0 Å². The highest BCUT2D eigenvalue weighted by atomic mass is 35.5. The number of nitrogens with one attached hydrogen (secondary N) is 1. The van der Waals surface area contributed by atoms with Crippen molar-refractivity contribution in [2.24, 2.45) is 0 Å². The minimum Gasteiger partial charge on any atom is -0.306 e. The molecule has 0 fully saturated rings. The molecular formula is C16H17Cl2N. The molecule has 0 heterocycles. The van der Waals surface area contributed by atoms with E-state index in [1.54, 1.807) is 0 Å². The van der Waals surface area contributed by atoms with Crippen LogP contribution in [-0.4, -0.2) is 0 Å². The van der Waals surface area contributed by atoms with Gasteiger partial charge in [-0.25, -0.2) is 0 Å². The predicted molar refractivity (Wildman–Crippen MR) is 82.9 cm³/mol. The largest absolute Gasteiger partial charge is 0.306 e. The Morgan fingerprint density at radius 2 is 1.79 bits per heavy atom. The van der Waals surface area contributed by atoms with Crippen LogP contribution in [0.5, 0.6) is 0 Å². The minimum atomic E-state index is 0.186. The second kappa shape index (κ2) is 6.42. The summed E-state index contributed by atoms with van der Waals surface area (Å²) >= 11 is 12.4. The van der Waals surface area contributed by atoms with E-state index in [9.17, 15) is 0 Å². The van der Waals surface area contributed by atoms with E-state index in [1.165, 1.54) is 5.56 Å². The third kappa shape index (κ3) is 3.73. The first-order chi connectivity index (χ1) is 9.08. The van der Waals surface area contributed by atoms with Crippen molar-refractivity contribution in [2.45, 2.75) is 26.4 Å². The Labute approximate surface area is 124 Å². The quantitative estimate of drug-likeness (QED) is 0.822. The highest BCUT2D eigenvalue weighted by molar-refractivity contribution is 6.31. The molecule has 1 nitrogen and oxygen atoms in total. The maximum atomic E-state index is 6.22. The Bertz CT molecular complexity index is 566. The first kappa shape index (κ1) is 14.4. The van der Waals surface area contributed by atoms with Gasteiger partial charge in [0.05, 0.1) is 0 Å². The maximum absolute atomic E-state index is 6.22. The molecule has 0 bridgehead atoms. The SMILES string of the molecule is Cc1ccc(CNC(C)c2ccccc2Cl)c(Cl)c1. The van der Waals surface area contributed by atoms with E-state index in [4.69, 9.17) is 23.2 Å². The molecule has 0 radical (unpaired) electrons. The first-order valence-electron chi connectivity index (χ1n) is 6.31. The van der Waals surface area contributed by atoms with E-state index in [0.717, 1.165) is 27.7 Å². The minimum absolute atomic E-state index is 0.186. The molecule has 0 aliphatic rings. The molecule has 0 aliphatic carbocycles. The Hall–Kier alpha value is -1.02. The number of benzene rings is 2. The molecule has 1 unspecified atom stereocenters. The van der Waals surface area contributed by atoms with Crippen LogP contribution in [-0.2, 0) is 6.54 Å². The monoisotopic (exact) mass is 293 g/mol. The van der Waals surface area contributed by atoms with Gasteiger partial charge in [-0.15, -0.1) is 0 Å². The lowest BCUT2D eigenvalue weighted by atomic mass is 10.1. The van der Waals surface area contributed by atoms with Crippen LogP contribution >= 0.6 is 23.2 Å². The van der Waals surface area contributed by atoms with Gasteiger partial charge in [0.25, 0.3) is 0 Å².